The summed E-state index contributed by atoms with van der Waals surface area (Å²) in [5.41, 5.74) is 7.68. The number of nitrogens with two attached hydrogens (primary N) is 1. The van der Waals surface area contributed by atoms with Crippen molar-refractivity contribution >= 4 is 11.3 Å². The van der Waals surface area contributed by atoms with Gasteiger partial charge in [0, 0.05) is 11.3 Å². The van der Waals surface area contributed by atoms with Crippen molar-refractivity contribution in [2.45, 2.75) is 25.7 Å². The lowest BCUT2D eigenvalue weighted by atomic mass is 9.91. The van der Waals surface area contributed by atoms with Crippen LogP contribution in [0.25, 0.3) is 0 Å². The van der Waals surface area contributed by atoms with Crippen LogP contribution in [0.15, 0.2) is 24.3 Å². The minimum Gasteiger partial charge on any atom is -0.330 e. The number of rotatable bonds is 3. The SMILES string of the molecule is NCC1CCc2nc(Cc3ccccc3F)sc2C1. The van der Waals surface area contributed by atoms with Gasteiger partial charge in [0.25, 0.3) is 0 Å². The van der Waals surface area contributed by atoms with Gasteiger partial charge < -0.3 is 5.73 Å². The van der Waals surface area contributed by atoms with Crippen molar-refractivity contribution in [3.05, 3.63) is 51.2 Å². The molecule has 1 aromatic heterocycles. The second-order valence-electron chi connectivity index (χ2n) is 5.09. The molecule has 3 rings (SSSR count). The van der Waals surface area contributed by atoms with E-state index in [2.05, 4.69) is 4.98 Å². The third-order valence-corrected chi connectivity index (χ3v) is 4.84. The van der Waals surface area contributed by atoms with E-state index in [1.165, 1.54) is 16.6 Å². The first-order valence-corrected chi connectivity index (χ1v) is 7.49. The van der Waals surface area contributed by atoms with Gasteiger partial charge in [-0.05, 0) is 43.4 Å². The summed E-state index contributed by atoms with van der Waals surface area (Å²) >= 11 is 1.72. The maximum absolute atomic E-state index is 13.6. The largest absolute Gasteiger partial charge is 0.330 e. The molecule has 0 saturated carbocycles. The molecule has 0 fully saturated rings. The third-order valence-electron chi connectivity index (χ3n) is 3.72. The maximum atomic E-state index is 13.6. The van der Waals surface area contributed by atoms with Gasteiger partial charge in [-0.3, -0.25) is 0 Å². The minimum absolute atomic E-state index is 0.143. The van der Waals surface area contributed by atoms with Crippen molar-refractivity contribution in [1.29, 1.82) is 0 Å². The highest BCUT2D eigenvalue weighted by atomic mass is 32.1. The van der Waals surface area contributed by atoms with Crippen molar-refractivity contribution in [2.24, 2.45) is 11.7 Å². The van der Waals surface area contributed by atoms with Gasteiger partial charge in [-0.1, -0.05) is 18.2 Å². The standard InChI is InChI=1S/C15H17FN2S/c16-12-4-2-1-3-11(12)8-15-18-13-6-5-10(9-17)7-14(13)19-15/h1-4,10H,5-9,17H2. The van der Waals surface area contributed by atoms with E-state index in [1.54, 1.807) is 17.4 Å². The Hall–Kier alpha value is -1.26. The van der Waals surface area contributed by atoms with Crippen molar-refractivity contribution < 1.29 is 4.39 Å². The molecule has 1 atom stereocenters. The summed E-state index contributed by atoms with van der Waals surface area (Å²) in [4.78, 5) is 6.02. The number of nitrogens with zero attached hydrogens (tertiary/aromatic N) is 1. The summed E-state index contributed by atoms with van der Waals surface area (Å²) in [6.45, 7) is 0.750. The Kier molecular flexibility index (Phi) is 3.62. The van der Waals surface area contributed by atoms with E-state index in [4.69, 9.17) is 5.73 Å². The van der Waals surface area contributed by atoms with Gasteiger partial charge in [-0.2, -0.15) is 0 Å². The van der Waals surface area contributed by atoms with E-state index < -0.39 is 0 Å². The molecule has 1 unspecified atom stereocenters. The molecule has 0 radical (unpaired) electrons. The lowest BCUT2D eigenvalue weighted by Gasteiger charge is -2.18. The molecule has 2 aromatic rings. The molecule has 1 aliphatic carbocycles. The molecule has 2 N–H and O–H groups in total. The Morgan fingerprint density at radius 1 is 1.37 bits per heavy atom. The summed E-state index contributed by atoms with van der Waals surface area (Å²) in [6, 6.07) is 6.93. The molecule has 4 heteroatoms. The highest BCUT2D eigenvalue weighted by Crippen LogP contribution is 2.30. The average Bonchev–Trinajstić information content (AvgIpc) is 2.82. The lowest BCUT2D eigenvalue weighted by molar-refractivity contribution is 0.469. The molecule has 2 nitrogen and oxygen atoms in total. The van der Waals surface area contributed by atoms with Gasteiger partial charge in [-0.25, -0.2) is 9.37 Å². The van der Waals surface area contributed by atoms with E-state index in [1.807, 2.05) is 12.1 Å². The fourth-order valence-corrected chi connectivity index (χ4v) is 3.83. The number of hydrogen-bond donors (Lipinski definition) is 1. The number of halogens is 1. The van der Waals surface area contributed by atoms with Crippen LogP contribution in [-0.4, -0.2) is 11.5 Å². The number of fused-ring (bicyclic) bond motifs is 1. The molecule has 0 spiro atoms. The first-order valence-electron chi connectivity index (χ1n) is 6.67. The van der Waals surface area contributed by atoms with Gasteiger partial charge in [-0.15, -0.1) is 11.3 Å². The van der Waals surface area contributed by atoms with Crippen LogP contribution in [0.2, 0.25) is 0 Å². The molecule has 100 valence electrons. The van der Waals surface area contributed by atoms with E-state index in [0.717, 1.165) is 36.4 Å². The Labute approximate surface area is 116 Å². The van der Waals surface area contributed by atoms with Gasteiger partial charge in [0.1, 0.15) is 5.82 Å². The molecular formula is C15H17FN2S. The van der Waals surface area contributed by atoms with Crippen LogP contribution in [0.1, 0.15) is 27.6 Å². The molecular weight excluding hydrogens is 259 g/mol. The molecule has 0 saturated heterocycles. The van der Waals surface area contributed by atoms with Crippen molar-refractivity contribution in [3.63, 3.8) is 0 Å². The maximum Gasteiger partial charge on any atom is 0.126 e. The Balaban J connectivity index is 1.80. The quantitative estimate of drug-likeness (QED) is 0.936. The molecule has 1 aromatic carbocycles. The van der Waals surface area contributed by atoms with Crippen LogP contribution >= 0.6 is 11.3 Å². The smallest absolute Gasteiger partial charge is 0.126 e. The predicted molar refractivity (Wildman–Crippen MR) is 75.9 cm³/mol. The Bertz CT molecular complexity index is 579. The van der Waals surface area contributed by atoms with Crippen LogP contribution in [0, 0.1) is 11.7 Å². The summed E-state index contributed by atoms with van der Waals surface area (Å²) < 4.78 is 13.6. The average molecular weight is 276 g/mol. The van der Waals surface area contributed by atoms with Gasteiger partial charge in [0.15, 0.2) is 0 Å². The Morgan fingerprint density at radius 3 is 3.00 bits per heavy atom. The second-order valence-corrected chi connectivity index (χ2v) is 6.26. The lowest BCUT2D eigenvalue weighted by Crippen LogP contribution is -2.21. The fourth-order valence-electron chi connectivity index (χ4n) is 2.58. The van der Waals surface area contributed by atoms with Crippen molar-refractivity contribution in [2.75, 3.05) is 6.54 Å². The van der Waals surface area contributed by atoms with Crippen LogP contribution in [0.3, 0.4) is 0 Å². The summed E-state index contributed by atoms with van der Waals surface area (Å²) in [7, 11) is 0. The van der Waals surface area contributed by atoms with Crippen molar-refractivity contribution in [1.82, 2.24) is 4.98 Å². The van der Waals surface area contributed by atoms with Gasteiger partial charge >= 0.3 is 0 Å². The minimum atomic E-state index is -0.143. The number of aryl methyl sites for hydroxylation is 1. The normalized spacial score (nSPS) is 18.3. The fraction of sp³-hybridized carbons (Fsp3) is 0.400. The second kappa shape index (κ2) is 5.39. The predicted octanol–water partition coefficient (Wildman–Crippen LogP) is 2.94. The van der Waals surface area contributed by atoms with Gasteiger partial charge in [0.2, 0.25) is 0 Å². The zero-order valence-electron chi connectivity index (χ0n) is 10.7. The number of thiazole rings is 1. The first-order chi connectivity index (χ1) is 9.26. The topological polar surface area (TPSA) is 38.9 Å². The van der Waals surface area contributed by atoms with E-state index in [-0.39, 0.29) is 5.82 Å². The van der Waals surface area contributed by atoms with E-state index >= 15 is 0 Å². The highest BCUT2D eigenvalue weighted by Gasteiger charge is 2.21. The molecule has 19 heavy (non-hydrogen) atoms. The zero-order valence-corrected chi connectivity index (χ0v) is 11.5. The third kappa shape index (κ3) is 2.69. The van der Waals surface area contributed by atoms with E-state index in [9.17, 15) is 4.39 Å². The number of benzene rings is 1. The van der Waals surface area contributed by atoms with Crippen LogP contribution in [-0.2, 0) is 19.3 Å². The van der Waals surface area contributed by atoms with E-state index in [0.29, 0.717) is 12.3 Å². The monoisotopic (exact) mass is 276 g/mol. The summed E-state index contributed by atoms with van der Waals surface area (Å²) in [6.07, 6.45) is 3.79. The van der Waals surface area contributed by atoms with Crippen LogP contribution in [0.5, 0.6) is 0 Å². The molecule has 0 aliphatic heterocycles. The molecule has 1 aliphatic rings. The Morgan fingerprint density at radius 2 is 2.21 bits per heavy atom. The molecule has 0 bridgehead atoms. The number of aromatic nitrogens is 1. The summed E-state index contributed by atoms with van der Waals surface area (Å²) in [5.74, 6) is 0.449. The molecule has 1 heterocycles. The van der Waals surface area contributed by atoms with Crippen LogP contribution in [0.4, 0.5) is 4.39 Å². The summed E-state index contributed by atoms with van der Waals surface area (Å²) in [5, 5.41) is 1.02. The van der Waals surface area contributed by atoms with Crippen molar-refractivity contribution in [3.8, 4) is 0 Å². The van der Waals surface area contributed by atoms with Crippen LogP contribution < -0.4 is 5.73 Å². The zero-order chi connectivity index (χ0) is 13.2. The number of hydrogen-bond acceptors (Lipinski definition) is 3. The molecule has 0 amide bonds. The van der Waals surface area contributed by atoms with Gasteiger partial charge in [0.05, 0.1) is 10.7 Å². The first kappa shape index (κ1) is 12.8. The highest BCUT2D eigenvalue weighted by molar-refractivity contribution is 7.11.